The van der Waals surface area contributed by atoms with Crippen LogP contribution in [0.25, 0.3) is 5.69 Å². The molecule has 6 nitrogen and oxygen atoms in total. The molecule has 0 radical (unpaired) electrons. The highest BCUT2D eigenvalue weighted by Gasteiger charge is 2.26. The zero-order valence-corrected chi connectivity index (χ0v) is 15.3. The summed E-state index contributed by atoms with van der Waals surface area (Å²) in [7, 11) is 0. The first-order valence-corrected chi connectivity index (χ1v) is 9.10. The molecule has 1 atom stereocenters. The molecule has 0 spiro atoms. The Bertz CT molecular complexity index is 912. The number of nitrogens with one attached hydrogen (secondary N) is 1. The van der Waals surface area contributed by atoms with Crippen LogP contribution in [0, 0.1) is 0 Å². The van der Waals surface area contributed by atoms with Crippen molar-refractivity contribution >= 4 is 23.3 Å². The van der Waals surface area contributed by atoms with Crippen LogP contribution in [-0.4, -0.2) is 40.4 Å². The number of halogens is 1. The van der Waals surface area contributed by atoms with Crippen LogP contribution >= 0.6 is 11.6 Å². The van der Waals surface area contributed by atoms with Crippen molar-refractivity contribution in [2.45, 2.75) is 6.10 Å². The van der Waals surface area contributed by atoms with Gasteiger partial charge in [0.15, 0.2) is 0 Å². The number of carbonyl (C=O) groups excluding carboxylic acids is 1. The van der Waals surface area contributed by atoms with Crippen LogP contribution in [0.2, 0.25) is 5.02 Å². The molecule has 1 N–H and O–H groups in total. The number of benzene rings is 2. The summed E-state index contributed by atoms with van der Waals surface area (Å²) in [6.07, 6.45) is 3.39. The standard InChI is InChI=1S/C20H19ClN4O2/c21-16-8-6-15(7-9-16)19-14-24(12-13-27-19)20(26)23-17-4-1-2-5-18(17)25-11-3-10-22-25/h1-11,19H,12-14H2,(H,23,26). The molecule has 4 rings (SSSR count). The van der Waals surface area contributed by atoms with Gasteiger partial charge in [-0.15, -0.1) is 0 Å². The smallest absolute Gasteiger partial charge is 0.322 e. The molecule has 1 aromatic heterocycles. The van der Waals surface area contributed by atoms with Crippen molar-refractivity contribution in [3.8, 4) is 5.69 Å². The van der Waals surface area contributed by atoms with Crippen LogP contribution in [0.4, 0.5) is 10.5 Å². The highest BCUT2D eigenvalue weighted by molar-refractivity contribution is 6.30. The first kappa shape index (κ1) is 17.6. The van der Waals surface area contributed by atoms with Crippen molar-refractivity contribution < 1.29 is 9.53 Å². The lowest BCUT2D eigenvalue weighted by molar-refractivity contribution is -0.0135. The molecule has 1 saturated heterocycles. The number of hydrogen-bond donors (Lipinski definition) is 1. The van der Waals surface area contributed by atoms with E-state index in [9.17, 15) is 4.79 Å². The maximum atomic E-state index is 12.8. The SMILES string of the molecule is O=C(Nc1ccccc1-n1cccn1)N1CCOC(c2ccc(Cl)cc2)C1. The fourth-order valence-corrected chi connectivity index (χ4v) is 3.22. The molecule has 2 heterocycles. The normalized spacial score (nSPS) is 16.9. The van der Waals surface area contributed by atoms with Gasteiger partial charge in [-0.2, -0.15) is 5.10 Å². The molecule has 1 fully saturated rings. The largest absolute Gasteiger partial charge is 0.370 e. The van der Waals surface area contributed by atoms with Gasteiger partial charge in [0.05, 0.1) is 24.5 Å². The number of anilines is 1. The van der Waals surface area contributed by atoms with E-state index in [1.165, 1.54) is 0 Å². The van der Waals surface area contributed by atoms with E-state index in [2.05, 4.69) is 10.4 Å². The van der Waals surface area contributed by atoms with Crippen molar-refractivity contribution in [1.82, 2.24) is 14.7 Å². The second kappa shape index (κ2) is 7.82. The average molecular weight is 383 g/mol. The van der Waals surface area contributed by atoms with Gasteiger partial charge in [0, 0.05) is 24.0 Å². The Hall–Kier alpha value is -2.83. The third kappa shape index (κ3) is 3.97. The van der Waals surface area contributed by atoms with E-state index in [0.717, 1.165) is 11.3 Å². The van der Waals surface area contributed by atoms with Crippen molar-refractivity contribution in [2.24, 2.45) is 0 Å². The number of amides is 2. The number of urea groups is 1. The Labute approximate surface area is 162 Å². The third-order valence-electron chi connectivity index (χ3n) is 4.49. The second-order valence-electron chi connectivity index (χ2n) is 6.25. The summed E-state index contributed by atoms with van der Waals surface area (Å²) in [6, 6.07) is 16.8. The lowest BCUT2D eigenvalue weighted by Crippen LogP contribution is -2.44. The van der Waals surface area contributed by atoms with Gasteiger partial charge < -0.3 is 15.0 Å². The Morgan fingerprint density at radius 2 is 1.96 bits per heavy atom. The Balaban J connectivity index is 1.48. The van der Waals surface area contributed by atoms with Crippen LogP contribution in [0.1, 0.15) is 11.7 Å². The molecule has 2 amide bonds. The predicted octanol–water partition coefficient (Wildman–Crippen LogP) is 4.13. The number of aromatic nitrogens is 2. The number of morpholine rings is 1. The zero-order valence-electron chi connectivity index (χ0n) is 14.6. The molecule has 0 aliphatic carbocycles. The van der Waals surface area contributed by atoms with E-state index in [1.54, 1.807) is 15.8 Å². The topological polar surface area (TPSA) is 59.4 Å². The van der Waals surface area contributed by atoms with Crippen LogP contribution in [0.5, 0.6) is 0 Å². The van der Waals surface area contributed by atoms with Gasteiger partial charge in [-0.25, -0.2) is 9.48 Å². The fourth-order valence-electron chi connectivity index (χ4n) is 3.10. The molecule has 3 aromatic rings. The van der Waals surface area contributed by atoms with Crippen molar-refractivity contribution in [2.75, 3.05) is 25.0 Å². The summed E-state index contributed by atoms with van der Waals surface area (Å²) in [5.74, 6) is 0. The summed E-state index contributed by atoms with van der Waals surface area (Å²) in [4.78, 5) is 14.6. The van der Waals surface area contributed by atoms with Crippen LogP contribution in [0.15, 0.2) is 67.0 Å². The first-order valence-electron chi connectivity index (χ1n) is 8.73. The van der Waals surface area contributed by atoms with Crippen LogP contribution in [0.3, 0.4) is 0 Å². The third-order valence-corrected chi connectivity index (χ3v) is 4.74. The molecule has 1 aliphatic rings. The average Bonchev–Trinajstić information content (AvgIpc) is 3.24. The van der Waals surface area contributed by atoms with Crippen molar-refractivity contribution in [3.63, 3.8) is 0 Å². The van der Waals surface area contributed by atoms with Gasteiger partial charge in [0.1, 0.15) is 6.10 Å². The molecule has 1 unspecified atom stereocenters. The monoisotopic (exact) mass is 382 g/mol. The summed E-state index contributed by atoms with van der Waals surface area (Å²) >= 11 is 5.95. The van der Waals surface area contributed by atoms with Gasteiger partial charge in [-0.1, -0.05) is 35.9 Å². The van der Waals surface area contributed by atoms with Crippen molar-refractivity contribution in [1.29, 1.82) is 0 Å². The molecule has 2 aromatic carbocycles. The minimum Gasteiger partial charge on any atom is -0.370 e. The van der Waals surface area contributed by atoms with E-state index < -0.39 is 0 Å². The Morgan fingerprint density at radius 1 is 1.15 bits per heavy atom. The van der Waals surface area contributed by atoms with E-state index in [1.807, 2.05) is 60.8 Å². The van der Waals surface area contributed by atoms with Gasteiger partial charge in [-0.05, 0) is 35.9 Å². The maximum absolute atomic E-state index is 12.8. The number of para-hydroxylation sites is 2. The quantitative estimate of drug-likeness (QED) is 0.740. The van der Waals surface area contributed by atoms with Gasteiger partial charge in [0.25, 0.3) is 0 Å². The highest BCUT2D eigenvalue weighted by atomic mass is 35.5. The number of nitrogens with zero attached hydrogens (tertiary/aromatic N) is 3. The summed E-state index contributed by atoms with van der Waals surface area (Å²) in [5.41, 5.74) is 2.54. The molecular weight excluding hydrogens is 364 g/mol. The highest BCUT2D eigenvalue weighted by Crippen LogP contribution is 2.25. The van der Waals surface area contributed by atoms with Crippen LogP contribution < -0.4 is 5.32 Å². The fraction of sp³-hybridized carbons (Fsp3) is 0.200. The predicted molar refractivity (Wildman–Crippen MR) is 104 cm³/mol. The molecule has 27 heavy (non-hydrogen) atoms. The zero-order chi connectivity index (χ0) is 18.6. The van der Waals surface area contributed by atoms with Crippen molar-refractivity contribution in [3.05, 3.63) is 77.6 Å². The summed E-state index contributed by atoms with van der Waals surface area (Å²) in [5, 5.41) is 7.93. The van der Waals surface area contributed by atoms with E-state index >= 15 is 0 Å². The Morgan fingerprint density at radius 3 is 2.74 bits per heavy atom. The van der Waals surface area contributed by atoms with Gasteiger partial charge >= 0.3 is 6.03 Å². The van der Waals surface area contributed by atoms with Crippen LogP contribution in [-0.2, 0) is 4.74 Å². The molecule has 0 saturated carbocycles. The molecular formula is C20H19ClN4O2. The summed E-state index contributed by atoms with van der Waals surface area (Å²) in [6.45, 7) is 1.51. The first-order chi connectivity index (χ1) is 13.2. The lowest BCUT2D eigenvalue weighted by Gasteiger charge is -2.33. The second-order valence-corrected chi connectivity index (χ2v) is 6.69. The number of hydrogen-bond acceptors (Lipinski definition) is 3. The number of ether oxygens (including phenoxy) is 1. The molecule has 138 valence electrons. The molecule has 0 bridgehead atoms. The summed E-state index contributed by atoms with van der Waals surface area (Å²) < 4.78 is 7.57. The van der Waals surface area contributed by atoms with E-state index in [0.29, 0.717) is 30.4 Å². The van der Waals surface area contributed by atoms with Gasteiger partial charge in [-0.3, -0.25) is 0 Å². The van der Waals surface area contributed by atoms with E-state index in [4.69, 9.17) is 16.3 Å². The molecule has 7 heteroatoms. The number of carbonyl (C=O) groups is 1. The minimum absolute atomic E-state index is 0.156. The number of rotatable bonds is 3. The maximum Gasteiger partial charge on any atom is 0.322 e. The van der Waals surface area contributed by atoms with Gasteiger partial charge in [0.2, 0.25) is 0 Å². The minimum atomic E-state index is -0.164. The lowest BCUT2D eigenvalue weighted by atomic mass is 10.1. The van der Waals surface area contributed by atoms with E-state index in [-0.39, 0.29) is 12.1 Å². The molecule has 1 aliphatic heterocycles. The Kier molecular flexibility index (Phi) is 5.09.